The molecule has 1 N–H and O–H groups in total. The summed E-state index contributed by atoms with van der Waals surface area (Å²) >= 11 is 0. The van der Waals surface area contributed by atoms with Crippen LogP contribution in [0.25, 0.3) is 0 Å². The van der Waals surface area contributed by atoms with Crippen molar-refractivity contribution in [2.75, 3.05) is 12.0 Å². The third kappa shape index (κ3) is 3.80. The van der Waals surface area contributed by atoms with Crippen molar-refractivity contribution in [3.63, 3.8) is 0 Å². The number of anilines is 2. The fraction of sp³-hybridized carbons (Fsp3) is 0.100. The molecular weight excluding hydrogens is 335 g/mol. The normalized spacial score (nSPS) is 10.4. The second-order valence-electron chi connectivity index (χ2n) is 5.62. The van der Waals surface area contributed by atoms with Crippen molar-refractivity contribution in [2.45, 2.75) is 6.54 Å². The highest BCUT2D eigenvalue weighted by atomic mass is 19.1. The number of aromatic carboxylic acids is 1. The van der Waals surface area contributed by atoms with E-state index >= 15 is 0 Å². The summed E-state index contributed by atoms with van der Waals surface area (Å²) in [5.41, 5.74) is 2.49. The van der Waals surface area contributed by atoms with Crippen molar-refractivity contribution in [1.82, 2.24) is 4.98 Å². The maximum absolute atomic E-state index is 14.2. The molecular formula is C20H17FN2O3. The van der Waals surface area contributed by atoms with Crippen molar-refractivity contribution in [1.29, 1.82) is 0 Å². The molecule has 0 fully saturated rings. The number of carboxylic acid groups (broad SMARTS) is 1. The Morgan fingerprint density at radius 3 is 2.46 bits per heavy atom. The minimum Gasteiger partial charge on any atom is -0.494 e. The zero-order chi connectivity index (χ0) is 18.5. The number of carbonyl (C=O) groups is 1. The molecule has 0 aliphatic heterocycles. The lowest BCUT2D eigenvalue weighted by molar-refractivity contribution is 0.0697. The third-order valence-corrected chi connectivity index (χ3v) is 3.94. The molecule has 132 valence electrons. The lowest BCUT2D eigenvalue weighted by Gasteiger charge is -2.25. The van der Waals surface area contributed by atoms with Gasteiger partial charge in [0.25, 0.3) is 0 Å². The Balaban J connectivity index is 2.01. The summed E-state index contributed by atoms with van der Waals surface area (Å²) in [5, 5.41) is 9.08. The number of halogens is 1. The quantitative estimate of drug-likeness (QED) is 0.718. The summed E-state index contributed by atoms with van der Waals surface area (Å²) in [7, 11) is 1.41. The number of carboxylic acids is 1. The average Bonchev–Trinajstić information content (AvgIpc) is 2.67. The van der Waals surface area contributed by atoms with Crippen molar-refractivity contribution in [3.8, 4) is 5.75 Å². The monoisotopic (exact) mass is 352 g/mol. The molecule has 0 radical (unpaired) electrons. The van der Waals surface area contributed by atoms with Gasteiger partial charge in [-0.1, -0.05) is 6.07 Å². The molecule has 0 unspecified atom stereocenters. The van der Waals surface area contributed by atoms with Gasteiger partial charge in [-0.2, -0.15) is 0 Å². The van der Waals surface area contributed by atoms with Crippen LogP contribution in [0.4, 0.5) is 15.8 Å². The number of nitrogens with zero attached hydrogens (tertiary/aromatic N) is 2. The Morgan fingerprint density at radius 2 is 1.88 bits per heavy atom. The molecule has 0 spiro atoms. The molecule has 0 atom stereocenters. The van der Waals surface area contributed by atoms with E-state index in [1.165, 1.54) is 25.3 Å². The van der Waals surface area contributed by atoms with Gasteiger partial charge in [-0.05, 0) is 48.0 Å². The molecule has 2 aromatic carbocycles. The summed E-state index contributed by atoms with van der Waals surface area (Å²) < 4.78 is 19.2. The number of methoxy groups -OCH3 is 1. The minimum atomic E-state index is -0.995. The van der Waals surface area contributed by atoms with Crippen molar-refractivity contribution >= 4 is 17.3 Å². The van der Waals surface area contributed by atoms with Crippen LogP contribution in [0.2, 0.25) is 0 Å². The van der Waals surface area contributed by atoms with Gasteiger partial charge < -0.3 is 14.7 Å². The van der Waals surface area contributed by atoms with Gasteiger partial charge in [0.05, 0.1) is 12.7 Å². The molecule has 3 rings (SSSR count). The predicted molar refractivity (Wildman–Crippen MR) is 96.4 cm³/mol. The fourth-order valence-electron chi connectivity index (χ4n) is 2.61. The maximum atomic E-state index is 14.2. The Kier molecular flexibility index (Phi) is 5.12. The van der Waals surface area contributed by atoms with E-state index in [1.807, 2.05) is 17.0 Å². The van der Waals surface area contributed by atoms with E-state index in [-0.39, 0.29) is 11.3 Å². The minimum absolute atomic E-state index is 0.163. The molecule has 0 amide bonds. The number of hydrogen-bond donors (Lipinski definition) is 1. The highest BCUT2D eigenvalue weighted by Crippen LogP contribution is 2.31. The van der Waals surface area contributed by atoms with Crippen LogP contribution in [0.15, 0.2) is 67.0 Å². The molecule has 1 aromatic heterocycles. The van der Waals surface area contributed by atoms with Crippen LogP contribution < -0.4 is 9.64 Å². The summed E-state index contributed by atoms with van der Waals surface area (Å²) in [4.78, 5) is 17.1. The number of benzene rings is 2. The highest BCUT2D eigenvalue weighted by Gasteiger charge is 2.14. The Bertz CT molecular complexity index is 899. The number of pyridine rings is 1. The maximum Gasteiger partial charge on any atom is 0.335 e. The van der Waals surface area contributed by atoms with Gasteiger partial charge >= 0.3 is 5.97 Å². The number of aromatic nitrogens is 1. The first-order valence-electron chi connectivity index (χ1n) is 7.92. The predicted octanol–water partition coefficient (Wildman–Crippen LogP) is 4.27. The van der Waals surface area contributed by atoms with Gasteiger partial charge in [0.15, 0.2) is 11.6 Å². The summed E-state index contributed by atoms with van der Waals surface area (Å²) in [5.74, 6) is -1.30. The van der Waals surface area contributed by atoms with Crippen LogP contribution in [0.5, 0.6) is 5.75 Å². The summed E-state index contributed by atoms with van der Waals surface area (Å²) in [6, 6.07) is 14.9. The molecule has 1 heterocycles. The first-order chi connectivity index (χ1) is 12.6. The van der Waals surface area contributed by atoms with E-state index in [4.69, 9.17) is 9.84 Å². The molecule has 0 saturated carbocycles. The standard InChI is InChI=1S/C20H17FN2O3/c1-26-19-9-8-17(11-18(19)21)23(13-14-3-2-10-22-12-14)16-6-4-15(5-7-16)20(24)25/h2-12H,13H2,1H3,(H,24,25). The summed E-state index contributed by atoms with van der Waals surface area (Å²) in [6.45, 7) is 0.450. The SMILES string of the molecule is COc1ccc(N(Cc2cccnc2)c2ccc(C(=O)O)cc2)cc1F. The van der Waals surface area contributed by atoms with Gasteiger partial charge in [-0.3, -0.25) is 4.98 Å². The molecule has 0 aliphatic rings. The smallest absolute Gasteiger partial charge is 0.335 e. The van der Waals surface area contributed by atoms with E-state index in [2.05, 4.69) is 4.98 Å². The van der Waals surface area contributed by atoms with E-state index < -0.39 is 11.8 Å². The van der Waals surface area contributed by atoms with Crippen LogP contribution in [0, 0.1) is 5.82 Å². The Labute approximate surface area is 150 Å². The van der Waals surface area contributed by atoms with Crippen molar-refractivity contribution in [3.05, 3.63) is 83.9 Å². The van der Waals surface area contributed by atoms with Crippen molar-refractivity contribution < 1.29 is 19.0 Å². The van der Waals surface area contributed by atoms with E-state index in [1.54, 1.807) is 36.7 Å². The molecule has 0 saturated heterocycles. The summed E-state index contributed by atoms with van der Waals surface area (Å²) in [6.07, 6.45) is 3.42. The van der Waals surface area contributed by atoms with Crippen LogP contribution in [-0.2, 0) is 6.54 Å². The van der Waals surface area contributed by atoms with Gasteiger partial charge in [0, 0.05) is 36.4 Å². The second-order valence-corrected chi connectivity index (χ2v) is 5.62. The van der Waals surface area contributed by atoms with Gasteiger partial charge in [-0.15, -0.1) is 0 Å². The number of rotatable bonds is 6. The molecule has 0 bridgehead atoms. The van der Waals surface area contributed by atoms with E-state index in [0.29, 0.717) is 12.2 Å². The molecule has 5 nitrogen and oxygen atoms in total. The van der Waals surface area contributed by atoms with Crippen LogP contribution in [0.3, 0.4) is 0 Å². The van der Waals surface area contributed by atoms with Gasteiger partial charge in [0.1, 0.15) is 0 Å². The molecule has 26 heavy (non-hydrogen) atoms. The first-order valence-corrected chi connectivity index (χ1v) is 7.92. The average molecular weight is 352 g/mol. The third-order valence-electron chi connectivity index (χ3n) is 3.94. The Morgan fingerprint density at radius 1 is 1.15 bits per heavy atom. The van der Waals surface area contributed by atoms with Gasteiger partial charge in [-0.25, -0.2) is 9.18 Å². The van der Waals surface area contributed by atoms with Crippen LogP contribution in [0.1, 0.15) is 15.9 Å². The molecule has 3 aromatic rings. The zero-order valence-electron chi connectivity index (χ0n) is 14.1. The topological polar surface area (TPSA) is 62.7 Å². The van der Waals surface area contributed by atoms with Crippen molar-refractivity contribution in [2.24, 2.45) is 0 Å². The van der Waals surface area contributed by atoms with Crippen LogP contribution >= 0.6 is 0 Å². The fourth-order valence-corrected chi connectivity index (χ4v) is 2.61. The first kappa shape index (κ1) is 17.4. The van der Waals surface area contributed by atoms with E-state index in [9.17, 15) is 9.18 Å². The Hall–Kier alpha value is -3.41. The largest absolute Gasteiger partial charge is 0.494 e. The van der Waals surface area contributed by atoms with Crippen LogP contribution in [-0.4, -0.2) is 23.2 Å². The molecule has 0 aliphatic carbocycles. The van der Waals surface area contributed by atoms with Gasteiger partial charge in [0.2, 0.25) is 0 Å². The lowest BCUT2D eigenvalue weighted by Crippen LogP contribution is -2.17. The zero-order valence-corrected chi connectivity index (χ0v) is 14.1. The highest BCUT2D eigenvalue weighted by molar-refractivity contribution is 5.88. The second kappa shape index (κ2) is 7.65. The van der Waals surface area contributed by atoms with E-state index in [0.717, 1.165) is 11.3 Å². The lowest BCUT2D eigenvalue weighted by atomic mass is 10.1. The molecule has 6 heteroatoms. The number of hydrogen-bond acceptors (Lipinski definition) is 4. The number of ether oxygens (including phenoxy) is 1.